The van der Waals surface area contributed by atoms with E-state index in [4.69, 9.17) is 4.84 Å². The highest BCUT2D eigenvalue weighted by Crippen LogP contribution is 2.12. The zero-order chi connectivity index (χ0) is 15.2. The van der Waals surface area contributed by atoms with Crippen molar-refractivity contribution in [2.45, 2.75) is 26.2 Å². The minimum absolute atomic E-state index is 0.0964. The fourth-order valence-electron chi connectivity index (χ4n) is 1.82. The number of carbonyl (C=O) groups excluding carboxylic acids is 3. The molecule has 1 aromatic rings. The average Bonchev–Trinajstić information content (AvgIpc) is 2.72. The lowest BCUT2D eigenvalue weighted by Gasteiger charge is -2.19. The summed E-state index contributed by atoms with van der Waals surface area (Å²) in [4.78, 5) is 39.7. The first-order valence-corrected chi connectivity index (χ1v) is 6.56. The van der Waals surface area contributed by atoms with Crippen LogP contribution in [0.1, 0.15) is 26.2 Å². The standard InChI is InChI=1S/C12H16N4O5/c1-9(17)21-12(19)16-10(5-6-13-16)14-11(18)15-7-3-2-4-8-20-15/h5-6H,2-4,7-8H2,1H3,(H,14,18). The van der Waals surface area contributed by atoms with Gasteiger partial charge in [-0.3, -0.25) is 14.9 Å². The van der Waals surface area contributed by atoms with Crippen LogP contribution in [0.25, 0.3) is 0 Å². The van der Waals surface area contributed by atoms with Crippen molar-refractivity contribution in [3.8, 4) is 0 Å². The molecule has 9 nitrogen and oxygen atoms in total. The lowest BCUT2D eigenvalue weighted by atomic mass is 10.2. The highest BCUT2D eigenvalue weighted by molar-refractivity contribution is 5.91. The van der Waals surface area contributed by atoms with Crippen LogP contribution in [0, 0.1) is 0 Å². The van der Waals surface area contributed by atoms with Crippen LogP contribution in [-0.2, 0) is 14.4 Å². The molecule has 1 aliphatic heterocycles. The van der Waals surface area contributed by atoms with Gasteiger partial charge in [0.2, 0.25) is 0 Å². The number of esters is 1. The van der Waals surface area contributed by atoms with Gasteiger partial charge in [-0.05, 0) is 19.3 Å². The molecule has 1 saturated heterocycles. The zero-order valence-corrected chi connectivity index (χ0v) is 11.6. The zero-order valence-electron chi connectivity index (χ0n) is 11.6. The van der Waals surface area contributed by atoms with E-state index in [0.29, 0.717) is 13.2 Å². The number of aromatic nitrogens is 2. The Bertz CT molecular complexity index is 534. The van der Waals surface area contributed by atoms with Crippen molar-refractivity contribution >= 4 is 23.9 Å². The summed E-state index contributed by atoms with van der Waals surface area (Å²) >= 11 is 0. The third kappa shape index (κ3) is 4.02. The highest BCUT2D eigenvalue weighted by Gasteiger charge is 2.20. The Labute approximate surface area is 120 Å². The maximum absolute atomic E-state index is 12.0. The van der Waals surface area contributed by atoms with Crippen LogP contribution in [0.2, 0.25) is 0 Å². The molecule has 114 valence electrons. The number of nitrogens with zero attached hydrogens (tertiary/aromatic N) is 3. The van der Waals surface area contributed by atoms with E-state index in [1.54, 1.807) is 0 Å². The molecule has 0 spiro atoms. The van der Waals surface area contributed by atoms with Gasteiger partial charge in [-0.15, -0.1) is 4.68 Å². The van der Waals surface area contributed by atoms with Gasteiger partial charge in [0.15, 0.2) is 0 Å². The maximum Gasteiger partial charge on any atom is 0.444 e. The molecule has 21 heavy (non-hydrogen) atoms. The van der Waals surface area contributed by atoms with Crippen LogP contribution in [0.5, 0.6) is 0 Å². The van der Waals surface area contributed by atoms with Gasteiger partial charge in [-0.25, -0.2) is 14.7 Å². The Morgan fingerprint density at radius 2 is 2.14 bits per heavy atom. The summed E-state index contributed by atoms with van der Waals surface area (Å²) in [5.74, 6) is -0.664. The highest BCUT2D eigenvalue weighted by atomic mass is 16.7. The Hall–Kier alpha value is -2.42. The minimum atomic E-state index is -0.986. The number of carbonyl (C=O) groups is 3. The monoisotopic (exact) mass is 296 g/mol. The molecule has 0 radical (unpaired) electrons. The Morgan fingerprint density at radius 1 is 1.33 bits per heavy atom. The molecule has 9 heteroatoms. The van der Waals surface area contributed by atoms with E-state index < -0.39 is 18.1 Å². The van der Waals surface area contributed by atoms with E-state index in [0.717, 1.165) is 30.9 Å². The van der Waals surface area contributed by atoms with E-state index >= 15 is 0 Å². The van der Waals surface area contributed by atoms with Gasteiger partial charge in [-0.2, -0.15) is 5.10 Å². The van der Waals surface area contributed by atoms with E-state index in [-0.39, 0.29) is 5.82 Å². The third-order valence-corrected chi connectivity index (χ3v) is 2.76. The van der Waals surface area contributed by atoms with Crippen LogP contribution in [-0.4, -0.2) is 46.1 Å². The van der Waals surface area contributed by atoms with Crippen molar-refractivity contribution in [2.24, 2.45) is 0 Å². The molecule has 0 bridgehead atoms. The largest absolute Gasteiger partial charge is 0.444 e. The molecule has 1 aliphatic rings. The van der Waals surface area contributed by atoms with Gasteiger partial charge in [-0.1, -0.05) is 0 Å². The SMILES string of the molecule is CC(=O)OC(=O)n1nccc1NC(=O)N1CCCCCO1. The molecule has 2 rings (SSSR count). The number of hydrogen-bond donors (Lipinski definition) is 1. The van der Waals surface area contributed by atoms with Gasteiger partial charge in [0, 0.05) is 13.0 Å². The molecular weight excluding hydrogens is 280 g/mol. The first-order chi connectivity index (χ1) is 10.1. The topological polar surface area (TPSA) is 103 Å². The number of rotatable bonds is 1. The lowest BCUT2D eigenvalue weighted by molar-refractivity contribution is -0.134. The summed E-state index contributed by atoms with van der Waals surface area (Å²) in [6.45, 7) is 2.04. The van der Waals surface area contributed by atoms with Crippen molar-refractivity contribution in [2.75, 3.05) is 18.5 Å². The molecular formula is C12H16N4O5. The maximum atomic E-state index is 12.0. The van der Waals surface area contributed by atoms with Crippen LogP contribution in [0.3, 0.4) is 0 Å². The normalized spacial score (nSPS) is 15.2. The van der Waals surface area contributed by atoms with Gasteiger partial charge in [0.05, 0.1) is 19.3 Å². The van der Waals surface area contributed by atoms with E-state index in [2.05, 4.69) is 15.2 Å². The molecule has 2 heterocycles. The third-order valence-electron chi connectivity index (χ3n) is 2.76. The first kappa shape index (κ1) is 15.0. The number of ether oxygens (including phenoxy) is 1. The van der Waals surface area contributed by atoms with Crippen LogP contribution in [0.15, 0.2) is 12.3 Å². The molecule has 0 atom stereocenters. The predicted molar refractivity (Wildman–Crippen MR) is 70.3 cm³/mol. The Kier molecular flexibility index (Phi) is 4.88. The van der Waals surface area contributed by atoms with Gasteiger partial charge < -0.3 is 4.74 Å². The van der Waals surface area contributed by atoms with Crippen LogP contribution in [0.4, 0.5) is 15.4 Å². The summed E-state index contributed by atoms with van der Waals surface area (Å²) in [6, 6.07) is 0.909. The number of hydroxylamine groups is 2. The molecule has 1 fully saturated rings. The molecule has 0 aromatic carbocycles. The van der Waals surface area contributed by atoms with Gasteiger partial charge in [0.1, 0.15) is 5.82 Å². The second-order valence-corrected chi connectivity index (χ2v) is 4.41. The fraction of sp³-hybridized carbons (Fsp3) is 0.500. The Morgan fingerprint density at radius 3 is 2.90 bits per heavy atom. The van der Waals surface area contributed by atoms with E-state index in [9.17, 15) is 14.4 Å². The van der Waals surface area contributed by atoms with Gasteiger partial charge in [0.25, 0.3) is 0 Å². The molecule has 0 unspecified atom stereocenters. The molecule has 0 saturated carbocycles. The number of urea groups is 1. The van der Waals surface area contributed by atoms with Crippen LogP contribution >= 0.6 is 0 Å². The average molecular weight is 296 g/mol. The molecule has 1 aromatic heterocycles. The minimum Gasteiger partial charge on any atom is -0.375 e. The first-order valence-electron chi connectivity index (χ1n) is 6.56. The van der Waals surface area contributed by atoms with E-state index in [1.165, 1.54) is 17.3 Å². The number of hydrogen-bond acceptors (Lipinski definition) is 6. The molecule has 0 aliphatic carbocycles. The summed E-state index contributed by atoms with van der Waals surface area (Å²) in [5.41, 5.74) is 0. The summed E-state index contributed by atoms with van der Waals surface area (Å²) in [5, 5.41) is 7.40. The summed E-state index contributed by atoms with van der Waals surface area (Å²) in [6.07, 6.45) is 3.05. The number of anilines is 1. The summed E-state index contributed by atoms with van der Waals surface area (Å²) < 4.78 is 5.20. The van der Waals surface area contributed by atoms with Crippen molar-refractivity contribution in [1.82, 2.24) is 14.8 Å². The quantitative estimate of drug-likeness (QED) is 0.620. The van der Waals surface area contributed by atoms with Crippen molar-refractivity contribution in [1.29, 1.82) is 0 Å². The summed E-state index contributed by atoms with van der Waals surface area (Å²) in [7, 11) is 0. The van der Waals surface area contributed by atoms with Crippen molar-refractivity contribution < 1.29 is 24.0 Å². The lowest BCUT2D eigenvalue weighted by Crippen LogP contribution is -2.36. The Balaban J connectivity index is 2.02. The second-order valence-electron chi connectivity index (χ2n) is 4.41. The van der Waals surface area contributed by atoms with Gasteiger partial charge >= 0.3 is 18.1 Å². The van der Waals surface area contributed by atoms with Crippen molar-refractivity contribution in [3.05, 3.63) is 12.3 Å². The van der Waals surface area contributed by atoms with Crippen molar-refractivity contribution in [3.63, 3.8) is 0 Å². The van der Waals surface area contributed by atoms with E-state index in [1.807, 2.05) is 0 Å². The number of amides is 2. The second kappa shape index (κ2) is 6.84. The fourth-order valence-corrected chi connectivity index (χ4v) is 1.82. The van der Waals surface area contributed by atoms with Crippen LogP contribution < -0.4 is 5.32 Å². The number of nitrogens with one attached hydrogen (secondary N) is 1. The predicted octanol–water partition coefficient (Wildman–Crippen LogP) is 1.36. The molecule has 1 N–H and O–H groups in total. The molecule has 2 amide bonds. The smallest absolute Gasteiger partial charge is 0.375 e.